The molecule has 0 aromatic rings. The summed E-state index contributed by atoms with van der Waals surface area (Å²) in [7, 11) is 6.31. The van der Waals surface area contributed by atoms with Crippen LogP contribution in [0, 0.1) is 11.3 Å². The molecule has 3 unspecified atom stereocenters. The van der Waals surface area contributed by atoms with Crippen molar-refractivity contribution in [2.75, 3.05) is 0 Å². The molecule has 0 bridgehead atoms. The predicted molar refractivity (Wildman–Crippen MR) is 75.6 cm³/mol. The van der Waals surface area contributed by atoms with Crippen molar-refractivity contribution in [3.05, 3.63) is 0 Å². The lowest BCUT2D eigenvalue weighted by Gasteiger charge is -2.55. The van der Waals surface area contributed by atoms with E-state index in [2.05, 4.69) is 0 Å². The first-order valence-corrected chi connectivity index (χ1v) is 6.20. The molecule has 5 N–H and O–H groups in total. The van der Waals surface area contributed by atoms with E-state index in [9.17, 15) is 9.90 Å². The fraction of sp³-hybridized carbons (Fsp3) is 0.923. The molecule has 104 valence electrons. The number of nitrogens with two attached hydrogens (primary N) is 2. The minimum atomic E-state index is -1.53. The van der Waals surface area contributed by atoms with Gasteiger partial charge >= 0.3 is 5.97 Å². The molecule has 0 saturated heterocycles. The Balaban J connectivity index is 5.67. The SMILES string of the molecule is [B]C(C)(C(C)(N)C(=O)O)C(C)(C)C(C)C(C)(C)N. The van der Waals surface area contributed by atoms with Crippen LogP contribution in [0.5, 0.6) is 0 Å². The normalized spacial score (nSPS) is 21.8. The van der Waals surface area contributed by atoms with Crippen LogP contribution in [-0.2, 0) is 4.79 Å². The predicted octanol–water partition coefficient (Wildman–Crippen LogP) is 1.54. The second kappa shape index (κ2) is 4.53. The third-order valence-corrected chi connectivity index (χ3v) is 5.06. The van der Waals surface area contributed by atoms with E-state index in [1.165, 1.54) is 6.92 Å². The van der Waals surface area contributed by atoms with Gasteiger partial charge in [0, 0.05) is 5.54 Å². The van der Waals surface area contributed by atoms with E-state index in [0.717, 1.165) is 0 Å². The average molecular weight is 254 g/mol. The van der Waals surface area contributed by atoms with Gasteiger partial charge in [-0.1, -0.05) is 27.7 Å². The van der Waals surface area contributed by atoms with Crippen molar-refractivity contribution in [1.29, 1.82) is 0 Å². The summed E-state index contributed by atoms with van der Waals surface area (Å²) in [6.45, 7) is 12.8. The summed E-state index contributed by atoms with van der Waals surface area (Å²) in [5.41, 5.74) is 9.52. The van der Waals surface area contributed by atoms with Gasteiger partial charge in [0.05, 0.1) is 7.85 Å². The van der Waals surface area contributed by atoms with E-state index in [0.29, 0.717) is 0 Å². The monoisotopic (exact) mass is 254 g/mol. The van der Waals surface area contributed by atoms with E-state index >= 15 is 0 Å². The Hall–Kier alpha value is -0.545. The lowest BCUT2D eigenvalue weighted by atomic mass is 9.42. The number of carboxylic acids is 1. The molecule has 0 saturated carbocycles. The fourth-order valence-electron chi connectivity index (χ4n) is 2.27. The summed E-state index contributed by atoms with van der Waals surface area (Å²) in [6.07, 6.45) is 0. The van der Waals surface area contributed by atoms with Gasteiger partial charge in [-0.15, -0.1) is 0 Å². The van der Waals surface area contributed by atoms with E-state index in [-0.39, 0.29) is 5.92 Å². The minimum Gasteiger partial charge on any atom is -0.480 e. The molecule has 0 aromatic heterocycles. The summed E-state index contributed by atoms with van der Waals surface area (Å²) < 4.78 is 0. The molecule has 0 amide bonds. The zero-order valence-electron chi connectivity index (χ0n) is 12.7. The van der Waals surface area contributed by atoms with Crippen LogP contribution in [-0.4, -0.2) is 30.0 Å². The van der Waals surface area contributed by atoms with Crippen molar-refractivity contribution in [3.63, 3.8) is 0 Å². The summed E-state index contributed by atoms with van der Waals surface area (Å²) in [5, 5.41) is 8.18. The average Bonchev–Trinajstić information content (AvgIpc) is 2.14. The first-order valence-electron chi connectivity index (χ1n) is 6.20. The summed E-state index contributed by atoms with van der Waals surface area (Å²) >= 11 is 0. The van der Waals surface area contributed by atoms with Crippen LogP contribution in [0.3, 0.4) is 0 Å². The number of aliphatic carboxylic acids is 1. The fourth-order valence-corrected chi connectivity index (χ4v) is 2.27. The van der Waals surface area contributed by atoms with Gasteiger partial charge in [0.15, 0.2) is 0 Å². The van der Waals surface area contributed by atoms with E-state index in [1.807, 2.05) is 34.6 Å². The Labute approximate surface area is 112 Å². The molecule has 0 aliphatic carbocycles. The standard InChI is InChI=1S/C13H27BN2O2/c1-8(11(4,5)15)10(2,3)13(7,14)12(6,16)9(17)18/h8H,15-16H2,1-7H3,(H,17,18). The van der Waals surface area contributed by atoms with Crippen LogP contribution in [0.15, 0.2) is 0 Å². The van der Waals surface area contributed by atoms with Crippen molar-refractivity contribution in [1.82, 2.24) is 0 Å². The zero-order valence-corrected chi connectivity index (χ0v) is 12.7. The number of rotatable bonds is 5. The highest BCUT2D eigenvalue weighted by Crippen LogP contribution is 2.55. The molecule has 5 heteroatoms. The first-order chi connectivity index (χ1) is 7.60. The van der Waals surface area contributed by atoms with Gasteiger partial charge in [-0.3, -0.25) is 4.79 Å². The van der Waals surface area contributed by atoms with Crippen LogP contribution in [0.4, 0.5) is 0 Å². The van der Waals surface area contributed by atoms with E-state index in [1.54, 1.807) is 6.92 Å². The molecule has 0 aromatic carbocycles. The molecular weight excluding hydrogens is 227 g/mol. The third kappa shape index (κ3) is 2.57. The highest BCUT2D eigenvalue weighted by Gasteiger charge is 2.55. The molecule has 2 radical (unpaired) electrons. The molecule has 0 rings (SSSR count). The van der Waals surface area contributed by atoms with Gasteiger partial charge in [-0.05, 0) is 37.4 Å². The Morgan fingerprint density at radius 1 is 1.11 bits per heavy atom. The highest BCUT2D eigenvalue weighted by atomic mass is 16.4. The smallest absolute Gasteiger partial charge is 0.323 e. The van der Waals surface area contributed by atoms with Gasteiger partial charge < -0.3 is 16.6 Å². The topological polar surface area (TPSA) is 89.3 Å². The van der Waals surface area contributed by atoms with Crippen molar-refractivity contribution in [2.24, 2.45) is 22.8 Å². The molecule has 0 aliphatic heterocycles. The Kier molecular flexibility index (Phi) is 4.39. The molecule has 18 heavy (non-hydrogen) atoms. The maximum Gasteiger partial charge on any atom is 0.323 e. The molecule has 0 spiro atoms. The molecule has 0 aliphatic rings. The third-order valence-electron chi connectivity index (χ3n) is 5.06. The largest absolute Gasteiger partial charge is 0.480 e. The summed E-state index contributed by atoms with van der Waals surface area (Å²) in [4.78, 5) is 11.4. The van der Waals surface area contributed by atoms with Crippen LogP contribution < -0.4 is 11.5 Å². The molecular formula is C13H27BN2O2. The van der Waals surface area contributed by atoms with Crippen molar-refractivity contribution >= 4 is 13.8 Å². The zero-order chi connectivity index (χ0) is 15.2. The molecule has 4 nitrogen and oxygen atoms in total. The first kappa shape index (κ1) is 17.5. The van der Waals surface area contributed by atoms with Gasteiger partial charge in [-0.25, -0.2) is 0 Å². The summed E-state index contributed by atoms with van der Waals surface area (Å²) in [5.74, 6) is -1.12. The maximum atomic E-state index is 11.4. The summed E-state index contributed by atoms with van der Waals surface area (Å²) in [6, 6.07) is 0. The van der Waals surface area contributed by atoms with Crippen LogP contribution in [0.2, 0.25) is 5.31 Å². The lowest BCUT2D eigenvalue weighted by Crippen LogP contribution is -2.62. The van der Waals surface area contributed by atoms with E-state index < -0.39 is 27.8 Å². The van der Waals surface area contributed by atoms with Crippen molar-refractivity contribution in [2.45, 2.75) is 64.9 Å². The quantitative estimate of drug-likeness (QED) is 0.649. The molecule has 3 atom stereocenters. The highest BCUT2D eigenvalue weighted by molar-refractivity contribution is 6.19. The second-order valence-electron chi connectivity index (χ2n) is 6.97. The van der Waals surface area contributed by atoms with Gasteiger partial charge in [0.25, 0.3) is 0 Å². The van der Waals surface area contributed by atoms with E-state index in [4.69, 9.17) is 19.3 Å². The number of carboxylic acid groups (broad SMARTS) is 1. The van der Waals surface area contributed by atoms with Crippen LogP contribution >= 0.6 is 0 Å². The number of hydrogen-bond acceptors (Lipinski definition) is 3. The van der Waals surface area contributed by atoms with Gasteiger partial charge in [0.2, 0.25) is 0 Å². The van der Waals surface area contributed by atoms with Crippen molar-refractivity contribution < 1.29 is 9.90 Å². The Bertz CT molecular complexity index is 330. The maximum absolute atomic E-state index is 11.4. The van der Waals surface area contributed by atoms with Crippen molar-refractivity contribution in [3.8, 4) is 0 Å². The molecule has 0 fully saturated rings. The lowest BCUT2D eigenvalue weighted by molar-refractivity contribution is -0.146. The van der Waals surface area contributed by atoms with Gasteiger partial charge in [0.1, 0.15) is 5.54 Å². The second-order valence-corrected chi connectivity index (χ2v) is 6.97. The Morgan fingerprint density at radius 2 is 1.44 bits per heavy atom. The number of carbonyl (C=O) groups is 1. The van der Waals surface area contributed by atoms with Crippen LogP contribution in [0.25, 0.3) is 0 Å². The number of hydrogen-bond donors (Lipinski definition) is 3. The molecule has 0 heterocycles. The van der Waals surface area contributed by atoms with Crippen LogP contribution in [0.1, 0.15) is 48.5 Å². The Morgan fingerprint density at radius 3 is 1.67 bits per heavy atom. The van der Waals surface area contributed by atoms with Gasteiger partial charge in [-0.2, -0.15) is 0 Å². The minimum absolute atomic E-state index is 0.0118.